The highest BCUT2D eigenvalue weighted by Crippen LogP contribution is 2.15. The van der Waals surface area contributed by atoms with Crippen LogP contribution in [0.5, 0.6) is 5.75 Å². The molecule has 0 amide bonds. The van der Waals surface area contributed by atoms with Gasteiger partial charge in [-0.15, -0.1) is 0 Å². The number of aryl methyl sites for hydroxylation is 1. The molecule has 0 aliphatic heterocycles. The third-order valence-electron chi connectivity index (χ3n) is 7.50. The Morgan fingerprint density at radius 1 is 0.366 bits per heavy atom. The molecule has 0 aliphatic rings. The highest BCUT2D eigenvalue weighted by Gasteiger charge is 1.99. The van der Waals surface area contributed by atoms with Gasteiger partial charge < -0.3 is 23.7 Å². The van der Waals surface area contributed by atoms with Gasteiger partial charge in [0.05, 0.1) is 46.2 Å². The van der Waals surface area contributed by atoms with Gasteiger partial charge in [-0.05, 0) is 37.0 Å². The Hall–Kier alpha value is -1.14. The van der Waals surface area contributed by atoms with Gasteiger partial charge in [0.25, 0.3) is 0 Å². The predicted molar refractivity (Wildman–Crippen MR) is 173 cm³/mol. The zero-order valence-corrected chi connectivity index (χ0v) is 27.1. The number of hydrogen-bond donors (Lipinski definition) is 0. The van der Waals surface area contributed by atoms with Crippen molar-refractivity contribution in [3.8, 4) is 5.75 Å². The number of ether oxygens (including phenoxy) is 5. The minimum absolute atomic E-state index is 0.555. The Bertz CT molecular complexity index is 621. The molecule has 0 heterocycles. The third-order valence-corrected chi connectivity index (χ3v) is 7.50. The Balaban J connectivity index is 1.75. The first-order chi connectivity index (χ1) is 20.4. The van der Waals surface area contributed by atoms with E-state index in [1.165, 1.54) is 115 Å². The standard InChI is InChI=1S/C36H66O5/c1-3-5-7-9-11-12-13-14-16-18-20-26-37-27-28-38-29-30-39-31-32-40-33-34-41-36-24-22-35(23-25-36)21-19-17-15-10-8-6-4-2/h22-25H,3-21,26-34H2,1-2H3. The fourth-order valence-electron chi connectivity index (χ4n) is 4.89. The molecule has 0 atom stereocenters. The van der Waals surface area contributed by atoms with Gasteiger partial charge in [0, 0.05) is 6.61 Å². The van der Waals surface area contributed by atoms with Gasteiger partial charge in [-0.25, -0.2) is 0 Å². The lowest BCUT2D eigenvalue weighted by atomic mass is 10.0. The second-order valence-corrected chi connectivity index (χ2v) is 11.3. The van der Waals surface area contributed by atoms with Crippen molar-refractivity contribution in [1.82, 2.24) is 0 Å². The second kappa shape index (κ2) is 31.8. The van der Waals surface area contributed by atoms with E-state index in [1.54, 1.807) is 0 Å². The summed E-state index contributed by atoms with van der Waals surface area (Å²) >= 11 is 0. The van der Waals surface area contributed by atoms with Crippen LogP contribution >= 0.6 is 0 Å². The van der Waals surface area contributed by atoms with Crippen molar-refractivity contribution in [3.63, 3.8) is 0 Å². The molecule has 0 N–H and O–H groups in total. The van der Waals surface area contributed by atoms with Crippen molar-refractivity contribution in [2.45, 2.75) is 136 Å². The minimum atomic E-state index is 0.555. The van der Waals surface area contributed by atoms with Gasteiger partial charge in [0.15, 0.2) is 0 Å². The van der Waals surface area contributed by atoms with Crippen molar-refractivity contribution in [1.29, 1.82) is 0 Å². The van der Waals surface area contributed by atoms with Crippen LogP contribution in [0.15, 0.2) is 24.3 Å². The van der Waals surface area contributed by atoms with Gasteiger partial charge in [-0.1, -0.05) is 129 Å². The van der Waals surface area contributed by atoms with Gasteiger partial charge in [0.1, 0.15) is 12.4 Å². The Kier molecular flexibility index (Phi) is 29.4. The van der Waals surface area contributed by atoms with Crippen LogP contribution < -0.4 is 4.74 Å². The molecule has 0 spiro atoms. The molecule has 1 aromatic rings. The van der Waals surface area contributed by atoms with Crippen molar-refractivity contribution in [2.24, 2.45) is 0 Å². The van der Waals surface area contributed by atoms with E-state index in [-0.39, 0.29) is 0 Å². The fraction of sp³-hybridized carbons (Fsp3) is 0.833. The maximum absolute atomic E-state index is 5.79. The topological polar surface area (TPSA) is 46.2 Å². The molecule has 0 saturated heterocycles. The summed E-state index contributed by atoms with van der Waals surface area (Å²) in [6, 6.07) is 8.52. The van der Waals surface area contributed by atoms with E-state index < -0.39 is 0 Å². The fourth-order valence-corrected chi connectivity index (χ4v) is 4.89. The van der Waals surface area contributed by atoms with Crippen LogP contribution in [0, 0.1) is 0 Å². The molecule has 0 unspecified atom stereocenters. The van der Waals surface area contributed by atoms with Crippen LogP contribution in [-0.4, -0.2) is 59.5 Å². The lowest BCUT2D eigenvalue weighted by Crippen LogP contribution is -2.13. The van der Waals surface area contributed by atoms with E-state index in [1.807, 2.05) is 0 Å². The zero-order valence-electron chi connectivity index (χ0n) is 27.1. The maximum atomic E-state index is 5.79. The number of rotatable bonds is 33. The summed E-state index contributed by atoms with van der Waals surface area (Å²) in [5.41, 5.74) is 1.40. The molecule has 0 aliphatic carbocycles. The third kappa shape index (κ3) is 27.4. The van der Waals surface area contributed by atoms with Crippen LogP contribution in [0.2, 0.25) is 0 Å². The number of unbranched alkanes of at least 4 members (excludes halogenated alkanes) is 16. The smallest absolute Gasteiger partial charge is 0.119 e. The lowest BCUT2D eigenvalue weighted by Gasteiger charge is -2.09. The zero-order chi connectivity index (χ0) is 29.3. The van der Waals surface area contributed by atoms with Crippen molar-refractivity contribution in [2.75, 3.05) is 59.5 Å². The summed E-state index contributed by atoms with van der Waals surface area (Å²) in [6.07, 6.45) is 25.6. The Morgan fingerprint density at radius 2 is 0.732 bits per heavy atom. The molecule has 1 aromatic carbocycles. The van der Waals surface area contributed by atoms with Gasteiger partial charge in [-0.2, -0.15) is 0 Å². The van der Waals surface area contributed by atoms with Crippen LogP contribution in [0.25, 0.3) is 0 Å². The van der Waals surface area contributed by atoms with Crippen LogP contribution in [0.1, 0.15) is 135 Å². The molecule has 0 aromatic heterocycles. The van der Waals surface area contributed by atoms with Crippen molar-refractivity contribution >= 4 is 0 Å². The summed E-state index contributed by atoms with van der Waals surface area (Å²) < 4.78 is 28.2. The number of benzene rings is 1. The van der Waals surface area contributed by atoms with Crippen LogP contribution in [0.4, 0.5) is 0 Å². The Labute approximate surface area is 254 Å². The quantitative estimate of drug-likeness (QED) is 0.0777. The normalized spacial score (nSPS) is 11.4. The monoisotopic (exact) mass is 578 g/mol. The minimum Gasteiger partial charge on any atom is -0.491 e. The molecule has 240 valence electrons. The molecule has 0 saturated carbocycles. The summed E-state index contributed by atoms with van der Waals surface area (Å²) in [5, 5.41) is 0. The molecule has 5 heteroatoms. The van der Waals surface area contributed by atoms with E-state index in [4.69, 9.17) is 23.7 Å². The average Bonchev–Trinajstić information content (AvgIpc) is 2.99. The molecule has 41 heavy (non-hydrogen) atoms. The number of hydrogen-bond acceptors (Lipinski definition) is 5. The summed E-state index contributed by atoms with van der Waals surface area (Å²) in [6.45, 7) is 10.2. The first-order valence-electron chi connectivity index (χ1n) is 17.4. The molecular formula is C36H66O5. The van der Waals surface area contributed by atoms with Crippen molar-refractivity contribution in [3.05, 3.63) is 29.8 Å². The lowest BCUT2D eigenvalue weighted by molar-refractivity contribution is -0.00487. The van der Waals surface area contributed by atoms with Crippen molar-refractivity contribution < 1.29 is 23.7 Å². The van der Waals surface area contributed by atoms with E-state index in [0.29, 0.717) is 52.9 Å². The first-order valence-corrected chi connectivity index (χ1v) is 17.4. The maximum Gasteiger partial charge on any atom is 0.119 e. The summed E-state index contributed by atoms with van der Waals surface area (Å²) in [7, 11) is 0. The summed E-state index contributed by atoms with van der Waals surface area (Å²) in [4.78, 5) is 0. The molecule has 5 nitrogen and oxygen atoms in total. The SMILES string of the molecule is CCCCCCCCCCCCCOCCOCCOCCOCCOc1ccc(CCCCCCCCC)cc1. The van der Waals surface area contributed by atoms with E-state index in [2.05, 4.69) is 38.1 Å². The van der Waals surface area contributed by atoms with Gasteiger partial charge >= 0.3 is 0 Å². The highest BCUT2D eigenvalue weighted by molar-refractivity contribution is 5.27. The Morgan fingerprint density at radius 3 is 1.20 bits per heavy atom. The molecular weight excluding hydrogens is 512 g/mol. The second-order valence-electron chi connectivity index (χ2n) is 11.3. The first kappa shape index (κ1) is 37.9. The molecule has 0 bridgehead atoms. The van der Waals surface area contributed by atoms with E-state index >= 15 is 0 Å². The average molecular weight is 579 g/mol. The van der Waals surface area contributed by atoms with Gasteiger partial charge in [0.2, 0.25) is 0 Å². The highest BCUT2D eigenvalue weighted by atomic mass is 16.6. The molecule has 0 radical (unpaired) electrons. The van der Waals surface area contributed by atoms with Crippen LogP contribution in [-0.2, 0) is 25.4 Å². The molecule has 0 fully saturated rings. The van der Waals surface area contributed by atoms with E-state index in [0.717, 1.165) is 25.2 Å². The largest absolute Gasteiger partial charge is 0.491 e. The summed E-state index contributed by atoms with van der Waals surface area (Å²) in [5.74, 6) is 0.910. The van der Waals surface area contributed by atoms with E-state index in [9.17, 15) is 0 Å². The van der Waals surface area contributed by atoms with Gasteiger partial charge in [-0.3, -0.25) is 0 Å². The van der Waals surface area contributed by atoms with Crippen LogP contribution in [0.3, 0.4) is 0 Å². The predicted octanol–water partition coefficient (Wildman–Crippen LogP) is 9.74. The molecule has 1 rings (SSSR count).